The Kier molecular flexibility index (Phi) is 8.43. The average Bonchev–Trinajstić information content (AvgIpc) is 2.41. The van der Waals surface area contributed by atoms with Crippen LogP contribution in [0.4, 0.5) is 0 Å². The number of likely N-dealkylation sites (N-methyl/N-ethyl adjacent to an activating group) is 2. The summed E-state index contributed by atoms with van der Waals surface area (Å²) in [7, 11) is 7.27. The Bertz CT molecular complexity index is 284. The Labute approximate surface area is 127 Å². The molecule has 0 rings (SSSR count). The molecule has 2 unspecified atom stereocenters. The van der Waals surface area contributed by atoms with Crippen LogP contribution in [0.25, 0.3) is 0 Å². The molecular formula is C14H34N4OS. The quantitative estimate of drug-likeness (QED) is 0.597. The third-order valence-corrected chi connectivity index (χ3v) is 6.09. The lowest BCUT2D eigenvalue weighted by Gasteiger charge is -2.36. The standard InChI is InChI=1S/C14H34N4OS/c1-13(11-15,17(3)4)7-9-20(19)10-8-14(2,12-16)18(5)6/h7-12,15-16H2,1-6H3. The molecule has 20 heavy (non-hydrogen) atoms. The summed E-state index contributed by atoms with van der Waals surface area (Å²) in [6.45, 7) is 5.40. The summed E-state index contributed by atoms with van der Waals surface area (Å²) in [6.07, 6.45) is 1.70. The Morgan fingerprint density at radius 3 is 1.35 bits per heavy atom. The minimum atomic E-state index is -0.814. The van der Waals surface area contributed by atoms with E-state index in [0.29, 0.717) is 24.6 Å². The lowest BCUT2D eigenvalue weighted by atomic mass is 9.98. The Morgan fingerprint density at radius 2 is 1.15 bits per heavy atom. The molecule has 0 heterocycles. The van der Waals surface area contributed by atoms with Crippen LogP contribution in [0.3, 0.4) is 0 Å². The monoisotopic (exact) mass is 306 g/mol. The lowest BCUT2D eigenvalue weighted by molar-refractivity contribution is 0.174. The fourth-order valence-corrected chi connectivity index (χ4v) is 3.32. The average molecular weight is 307 g/mol. The second-order valence-electron chi connectivity index (χ2n) is 6.54. The van der Waals surface area contributed by atoms with Crippen molar-refractivity contribution in [3.05, 3.63) is 0 Å². The van der Waals surface area contributed by atoms with Gasteiger partial charge in [0.15, 0.2) is 0 Å². The highest BCUT2D eigenvalue weighted by Crippen LogP contribution is 2.18. The minimum Gasteiger partial charge on any atom is -0.329 e. The lowest BCUT2D eigenvalue weighted by Crippen LogP contribution is -2.49. The normalized spacial score (nSPS) is 19.9. The summed E-state index contributed by atoms with van der Waals surface area (Å²) in [6, 6.07) is 0. The predicted octanol–water partition coefficient (Wildman–Crippen LogP) is 0.0733. The summed E-state index contributed by atoms with van der Waals surface area (Å²) in [5.74, 6) is 1.39. The maximum absolute atomic E-state index is 12.2. The molecule has 0 aliphatic carbocycles. The molecule has 5 nitrogen and oxygen atoms in total. The molecule has 6 heteroatoms. The maximum Gasteiger partial charge on any atom is 0.0306 e. The molecule has 0 bridgehead atoms. The van der Waals surface area contributed by atoms with Crippen molar-refractivity contribution in [1.82, 2.24) is 9.80 Å². The molecule has 0 fully saturated rings. The van der Waals surface area contributed by atoms with Gasteiger partial charge in [0.2, 0.25) is 0 Å². The molecule has 0 aromatic rings. The molecule has 2 atom stereocenters. The molecule has 0 aromatic heterocycles. The van der Waals surface area contributed by atoms with E-state index in [1.54, 1.807) is 0 Å². The van der Waals surface area contributed by atoms with Crippen molar-refractivity contribution >= 4 is 10.8 Å². The van der Waals surface area contributed by atoms with Crippen LogP contribution in [0.2, 0.25) is 0 Å². The van der Waals surface area contributed by atoms with Crippen molar-refractivity contribution in [2.75, 3.05) is 52.8 Å². The third-order valence-electron chi connectivity index (χ3n) is 4.78. The van der Waals surface area contributed by atoms with Crippen molar-refractivity contribution in [3.8, 4) is 0 Å². The zero-order valence-corrected chi connectivity index (χ0v) is 14.9. The van der Waals surface area contributed by atoms with Crippen molar-refractivity contribution in [2.24, 2.45) is 11.5 Å². The molecule has 0 saturated carbocycles. The van der Waals surface area contributed by atoms with Gasteiger partial charge in [-0.3, -0.25) is 4.21 Å². The highest BCUT2D eigenvalue weighted by atomic mass is 32.2. The van der Waals surface area contributed by atoms with Gasteiger partial charge in [-0.15, -0.1) is 0 Å². The molecule has 0 aliphatic rings. The van der Waals surface area contributed by atoms with E-state index in [1.165, 1.54) is 0 Å². The highest BCUT2D eigenvalue weighted by Gasteiger charge is 2.28. The highest BCUT2D eigenvalue weighted by molar-refractivity contribution is 7.84. The SMILES string of the molecule is CN(C)C(C)(CN)CCS(=O)CCC(C)(CN)N(C)C. The topological polar surface area (TPSA) is 75.6 Å². The van der Waals surface area contributed by atoms with E-state index < -0.39 is 10.8 Å². The first-order valence-electron chi connectivity index (χ1n) is 7.21. The largest absolute Gasteiger partial charge is 0.329 e. The van der Waals surface area contributed by atoms with Crippen LogP contribution < -0.4 is 11.5 Å². The van der Waals surface area contributed by atoms with Crippen molar-refractivity contribution in [1.29, 1.82) is 0 Å². The van der Waals surface area contributed by atoms with Gasteiger partial charge in [0.05, 0.1) is 0 Å². The van der Waals surface area contributed by atoms with Crippen molar-refractivity contribution in [3.63, 3.8) is 0 Å². The molecule has 0 saturated heterocycles. The van der Waals surface area contributed by atoms with E-state index in [-0.39, 0.29) is 11.1 Å². The third kappa shape index (κ3) is 5.77. The van der Waals surface area contributed by atoms with E-state index in [2.05, 4.69) is 23.6 Å². The summed E-state index contributed by atoms with van der Waals surface area (Å²) in [4.78, 5) is 4.24. The van der Waals surface area contributed by atoms with Crippen LogP contribution in [0, 0.1) is 0 Å². The van der Waals surface area contributed by atoms with E-state index in [4.69, 9.17) is 11.5 Å². The Hall–Kier alpha value is -0.0100. The van der Waals surface area contributed by atoms with Crippen LogP contribution in [0.5, 0.6) is 0 Å². The van der Waals surface area contributed by atoms with Gasteiger partial charge in [0.1, 0.15) is 0 Å². The first-order valence-corrected chi connectivity index (χ1v) is 8.70. The van der Waals surface area contributed by atoms with E-state index in [1.807, 2.05) is 28.2 Å². The predicted molar refractivity (Wildman–Crippen MR) is 89.4 cm³/mol. The van der Waals surface area contributed by atoms with Crippen molar-refractivity contribution in [2.45, 2.75) is 37.8 Å². The Balaban J connectivity index is 4.32. The summed E-state index contributed by atoms with van der Waals surface area (Å²) < 4.78 is 12.2. The van der Waals surface area contributed by atoms with Crippen LogP contribution in [0.1, 0.15) is 26.7 Å². The van der Waals surface area contributed by atoms with E-state index in [9.17, 15) is 4.21 Å². The van der Waals surface area contributed by atoms with Gasteiger partial charge in [-0.2, -0.15) is 0 Å². The molecule has 4 N–H and O–H groups in total. The fourth-order valence-electron chi connectivity index (χ4n) is 1.79. The van der Waals surface area contributed by atoms with Crippen LogP contribution >= 0.6 is 0 Å². The smallest absolute Gasteiger partial charge is 0.0306 e. The van der Waals surface area contributed by atoms with Crippen LogP contribution in [-0.2, 0) is 10.8 Å². The van der Waals surface area contributed by atoms with Crippen LogP contribution in [0.15, 0.2) is 0 Å². The molecule has 122 valence electrons. The summed E-state index contributed by atoms with van der Waals surface area (Å²) >= 11 is 0. The molecule has 0 amide bonds. The second kappa shape index (κ2) is 8.44. The van der Waals surface area contributed by atoms with Gasteiger partial charge in [0.25, 0.3) is 0 Å². The van der Waals surface area contributed by atoms with Crippen molar-refractivity contribution < 1.29 is 4.21 Å². The second-order valence-corrected chi connectivity index (χ2v) is 8.24. The van der Waals surface area contributed by atoms with E-state index >= 15 is 0 Å². The van der Waals surface area contributed by atoms with Gasteiger partial charge < -0.3 is 21.3 Å². The Morgan fingerprint density at radius 1 is 0.850 bits per heavy atom. The fraction of sp³-hybridized carbons (Fsp3) is 1.00. The zero-order valence-electron chi connectivity index (χ0n) is 14.1. The number of nitrogens with two attached hydrogens (primary N) is 2. The molecule has 0 aliphatic heterocycles. The number of rotatable bonds is 10. The molecular weight excluding hydrogens is 272 g/mol. The van der Waals surface area contributed by atoms with Gasteiger partial charge in [0, 0.05) is 46.5 Å². The van der Waals surface area contributed by atoms with Gasteiger partial charge >= 0.3 is 0 Å². The summed E-state index contributed by atoms with van der Waals surface area (Å²) in [5, 5.41) is 0. The molecule has 0 spiro atoms. The first-order chi connectivity index (χ1) is 9.11. The van der Waals surface area contributed by atoms with Crippen LogP contribution in [-0.4, -0.2) is 77.9 Å². The van der Waals surface area contributed by atoms with E-state index in [0.717, 1.165) is 12.8 Å². The van der Waals surface area contributed by atoms with Gasteiger partial charge in [-0.05, 0) is 54.9 Å². The van der Waals surface area contributed by atoms with Gasteiger partial charge in [-0.25, -0.2) is 0 Å². The number of hydrogen-bond acceptors (Lipinski definition) is 5. The minimum absolute atomic E-state index is 0.0750. The molecule has 0 radical (unpaired) electrons. The van der Waals surface area contributed by atoms with Gasteiger partial charge in [-0.1, -0.05) is 0 Å². The zero-order chi connectivity index (χ0) is 16.0. The molecule has 0 aromatic carbocycles. The maximum atomic E-state index is 12.2. The number of hydrogen-bond donors (Lipinski definition) is 2. The number of nitrogens with zero attached hydrogens (tertiary/aromatic N) is 2. The first kappa shape index (κ1) is 20.0. The summed E-state index contributed by atoms with van der Waals surface area (Å²) in [5.41, 5.74) is 11.5.